The van der Waals surface area contributed by atoms with Crippen LogP contribution in [0.2, 0.25) is 0 Å². The average molecular weight is 523 g/mol. The SMILES string of the molecule is COc1ccc(-c2cn3c(CC(=O)N4CCN(C(c5ccccc5)c5ccccc5)CC4)csc3n2)cc1. The second-order valence-corrected chi connectivity index (χ2v) is 10.4. The van der Waals surface area contributed by atoms with Crippen molar-refractivity contribution in [2.45, 2.75) is 12.5 Å². The number of benzene rings is 3. The van der Waals surface area contributed by atoms with Crippen molar-refractivity contribution in [3.05, 3.63) is 113 Å². The predicted molar refractivity (Wildman–Crippen MR) is 152 cm³/mol. The van der Waals surface area contributed by atoms with Crippen LogP contribution < -0.4 is 4.74 Å². The number of aromatic nitrogens is 2. The van der Waals surface area contributed by atoms with E-state index in [0.29, 0.717) is 6.42 Å². The van der Waals surface area contributed by atoms with Gasteiger partial charge in [-0.05, 0) is 35.4 Å². The Labute approximate surface area is 226 Å². The molecule has 1 amide bonds. The fourth-order valence-corrected chi connectivity index (χ4v) is 6.11. The zero-order chi connectivity index (χ0) is 25.9. The number of rotatable bonds is 7. The number of ether oxygens (including phenoxy) is 1. The Balaban J connectivity index is 1.14. The summed E-state index contributed by atoms with van der Waals surface area (Å²) in [6.07, 6.45) is 2.40. The van der Waals surface area contributed by atoms with E-state index in [9.17, 15) is 4.79 Å². The fourth-order valence-electron chi connectivity index (χ4n) is 5.24. The molecule has 3 heterocycles. The molecule has 1 aliphatic rings. The molecule has 38 heavy (non-hydrogen) atoms. The predicted octanol–water partition coefficient (Wildman–Crippen LogP) is 5.55. The number of carbonyl (C=O) groups excluding carboxylic acids is 1. The largest absolute Gasteiger partial charge is 0.497 e. The van der Waals surface area contributed by atoms with E-state index >= 15 is 0 Å². The Kier molecular flexibility index (Phi) is 6.94. The number of hydrogen-bond donors (Lipinski definition) is 0. The summed E-state index contributed by atoms with van der Waals surface area (Å²) in [7, 11) is 1.66. The highest BCUT2D eigenvalue weighted by Crippen LogP contribution is 2.30. The normalized spacial score (nSPS) is 14.3. The molecule has 1 saturated heterocycles. The van der Waals surface area contributed by atoms with E-state index in [-0.39, 0.29) is 11.9 Å². The van der Waals surface area contributed by atoms with Crippen LogP contribution in [0.4, 0.5) is 0 Å². The van der Waals surface area contributed by atoms with Crippen molar-refractivity contribution in [1.82, 2.24) is 19.2 Å². The van der Waals surface area contributed by atoms with E-state index in [1.54, 1.807) is 18.4 Å². The highest BCUT2D eigenvalue weighted by molar-refractivity contribution is 7.15. The van der Waals surface area contributed by atoms with Crippen molar-refractivity contribution in [2.24, 2.45) is 0 Å². The molecule has 6 rings (SSSR count). The van der Waals surface area contributed by atoms with E-state index in [1.807, 2.05) is 35.4 Å². The van der Waals surface area contributed by atoms with Crippen molar-refractivity contribution in [3.63, 3.8) is 0 Å². The van der Waals surface area contributed by atoms with E-state index < -0.39 is 0 Å². The highest BCUT2D eigenvalue weighted by Gasteiger charge is 2.28. The molecule has 0 radical (unpaired) electrons. The van der Waals surface area contributed by atoms with Gasteiger partial charge in [0.25, 0.3) is 0 Å². The first-order valence-electron chi connectivity index (χ1n) is 12.9. The Morgan fingerprint density at radius 3 is 2.13 bits per heavy atom. The lowest BCUT2D eigenvalue weighted by Gasteiger charge is -2.39. The van der Waals surface area contributed by atoms with Crippen molar-refractivity contribution in [2.75, 3.05) is 33.3 Å². The summed E-state index contributed by atoms with van der Waals surface area (Å²) >= 11 is 1.57. The minimum absolute atomic E-state index is 0.167. The minimum Gasteiger partial charge on any atom is -0.497 e. The molecule has 5 aromatic rings. The smallest absolute Gasteiger partial charge is 0.228 e. The van der Waals surface area contributed by atoms with Crippen molar-refractivity contribution < 1.29 is 9.53 Å². The van der Waals surface area contributed by atoms with Crippen molar-refractivity contribution >= 4 is 22.2 Å². The third kappa shape index (κ3) is 4.95. The summed E-state index contributed by atoms with van der Waals surface area (Å²) in [6.45, 7) is 3.13. The number of amides is 1. The van der Waals surface area contributed by atoms with Gasteiger partial charge in [0, 0.05) is 49.0 Å². The molecule has 7 heteroatoms. The standard InChI is InChI=1S/C31H30N4O2S/c1-37-27-14-12-23(13-15-27)28-21-35-26(22-38-31(35)32-28)20-29(36)33-16-18-34(19-17-33)30(24-8-4-2-5-9-24)25-10-6-3-7-11-25/h2-15,21-22,30H,16-20H2,1H3. The lowest BCUT2D eigenvalue weighted by Crippen LogP contribution is -2.50. The first kappa shape index (κ1) is 24.4. The summed E-state index contributed by atoms with van der Waals surface area (Å²) in [6, 6.07) is 29.4. The van der Waals surface area contributed by atoms with Gasteiger partial charge in [-0.25, -0.2) is 4.98 Å². The summed E-state index contributed by atoms with van der Waals surface area (Å²) in [5.74, 6) is 0.986. The molecule has 0 atom stereocenters. The zero-order valence-electron chi connectivity index (χ0n) is 21.4. The van der Waals surface area contributed by atoms with E-state index in [4.69, 9.17) is 9.72 Å². The number of fused-ring (bicyclic) bond motifs is 1. The Hall–Kier alpha value is -3.94. The van der Waals surface area contributed by atoms with Gasteiger partial charge in [0.2, 0.25) is 5.91 Å². The highest BCUT2D eigenvalue weighted by atomic mass is 32.1. The molecule has 0 N–H and O–H groups in total. The van der Waals surface area contributed by atoms with Gasteiger partial charge >= 0.3 is 0 Å². The van der Waals surface area contributed by atoms with E-state index in [0.717, 1.165) is 53.8 Å². The van der Waals surface area contributed by atoms with Crippen LogP contribution in [0.5, 0.6) is 5.75 Å². The van der Waals surface area contributed by atoms with Crippen LogP contribution in [0.15, 0.2) is 96.5 Å². The van der Waals surface area contributed by atoms with Gasteiger partial charge in [-0.1, -0.05) is 60.7 Å². The molecule has 192 valence electrons. The van der Waals surface area contributed by atoms with Crippen LogP contribution in [0.25, 0.3) is 16.2 Å². The monoisotopic (exact) mass is 522 g/mol. The Morgan fingerprint density at radius 2 is 1.53 bits per heavy atom. The molecule has 2 aromatic heterocycles. The van der Waals surface area contributed by atoms with Gasteiger partial charge in [0.05, 0.1) is 25.3 Å². The first-order valence-corrected chi connectivity index (χ1v) is 13.8. The number of hydrogen-bond acceptors (Lipinski definition) is 5. The van der Waals surface area contributed by atoms with Crippen LogP contribution in [0.1, 0.15) is 22.9 Å². The molecule has 0 unspecified atom stereocenters. The summed E-state index contributed by atoms with van der Waals surface area (Å²) in [5, 5.41) is 2.05. The molecule has 0 aliphatic carbocycles. The summed E-state index contributed by atoms with van der Waals surface area (Å²) < 4.78 is 7.32. The second kappa shape index (κ2) is 10.8. The van der Waals surface area contributed by atoms with Crippen LogP contribution in [-0.2, 0) is 11.2 Å². The molecule has 0 bridgehead atoms. The van der Waals surface area contributed by atoms with Gasteiger partial charge in [-0.15, -0.1) is 11.3 Å². The zero-order valence-corrected chi connectivity index (χ0v) is 22.2. The maximum atomic E-state index is 13.3. The number of thiazole rings is 1. The number of carbonyl (C=O) groups is 1. The third-order valence-corrected chi connectivity index (χ3v) is 8.15. The number of piperazine rings is 1. The Bertz CT molecular complexity index is 1460. The fraction of sp³-hybridized carbons (Fsp3) is 0.226. The average Bonchev–Trinajstić information content (AvgIpc) is 3.57. The quantitative estimate of drug-likeness (QED) is 0.281. The van der Waals surface area contributed by atoms with Gasteiger partial charge < -0.3 is 9.64 Å². The van der Waals surface area contributed by atoms with Gasteiger partial charge in [-0.2, -0.15) is 0 Å². The number of imidazole rings is 1. The first-order chi connectivity index (χ1) is 18.7. The van der Waals surface area contributed by atoms with Crippen LogP contribution in [-0.4, -0.2) is 58.4 Å². The maximum absolute atomic E-state index is 13.3. The van der Waals surface area contributed by atoms with Crippen molar-refractivity contribution in [3.8, 4) is 17.0 Å². The third-order valence-electron chi connectivity index (χ3n) is 7.26. The molecular formula is C31H30N4O2S. The van der Waals surface area contributed by atoms with Crippen LogP contribution >= 0.6 is 11.3 Å². The molecule has 1 fully saturated rings. The van der Waals surface area contributed by atoms with Crippen LogP contribution in [0, 0.1) is 0 Å². The number of nitrogens with zero attached hydrogens (tertiary/aromatic N) is 4. The summed E-state index contributed by atoms with van der Waals surface area (Å²) in [4.78, 5) is 23.5. The van der Waals surface area contributed by atoms with Crippen molar-refractivity contribution in [1.29, 1.82) is 0 Å². The number of methoxy groups -OCH3 is 1. The molecule has 1 aliphatic heterocycles. The topological polar surface area (TPSA) is 50.1 Å². The molecule has 0 spiro atoms. The van der Waals surface area contributed by atoms with Gasteiger partial charge in [0.15, 0.2) is 4.96 Å². The minimum atomic E-state index is 0.167. The molecule has 6 nitrogen and oxygen atoms in total. The second-order valence-electron chi connectivity index (χ2n) is 9.55. The molecule has 3 aromatic carbocycles. The van der Waals surface area contributed by atoms with Gasteiger partial charge in [0.1, 0.15) is 5.75 Å². The summed E-state index contributed by atoms with van der Waals surface area (Å²) in [5.41, 5.74) is 5.48. The van der Waals surface area contributed by atoms with Gasteiger partial charge in [-0.3, -0.25) is 14.1 Å². The Morgan fingerprint density at radius 1 is 0.895 bits per heavy atom. The van der Waals surface area contributed by atoms with Crippen LogP contribution in [0.3, 0.4) is 0 Å². The molecule has 0 saturated carbocycles. The lowest BCUT2D eigenvalue weighted by atomic mass is 9.96. The maximum Gasteiger partial charge on any atom is 0.228 e. The molecular weight excluding hydrogens is 492 g/mol. The van der Waals surface area contributed by atoms with E-state index in [1.165, 1.54) is 11.1 Å². The van der Waals surface area contributed by atoms with E-state index in [2.05, 4.69) is 75.3 Å². The lowest BCUT2D eigenvalue weighted by molar-refractivity contribution is -0.132.